The molecule has 1 aromatic heterocycles. The molecule has 1 aromatic carbocycles. The third-order valence-electron chi connectivity index (χ3n) is 5.05. The molecule has 22 heavy (non-hydrogen) atoms. The van der Waals surface area contributed by atoms with E-state index in [0.717, 1.165) is 17.2 Å². The first-order valence-electron chi connectivity index (χ1n) is 8.28. The Morgan fingerprint density at radius 2 is 1.73 bits per heavy atom. The smallest absolute Gasteiger partial charge is 0.219 e. The van der Waals surface area contributed by atoms with Gasteiger partial charge < -0.3 is 10.2 Å². The zero-order valence-corrected chi connectivity index (χ0v) is 14.5. The van der Waals surface area contributed by atoms with Crippen LogP contribution in [0.4, 0.5) is 5.69 Å². The molecule has 0 saturated carbocycles. The molecule has 0 unspecified atom stereocenters. The molecule has 0 bridgehead atoms. The number of fused-ring (bicyclic) bond motifs is 2. The SMILES string of the molecule is CC(C)B1c2ccccc2C(C)(C)c2oc(C(C)C)c(N)c21. The lowest BCUT2D eigenvalue weighted by Crippen LogP contribution is -2.55. The summed E-state index contributed by atoms with van der Waals surface area (Å²) >= 11 is 0. The number of nitrogen functional groups attached to an aromatic ring is 1. The molecule has 2 nitrogen and oxygen atoms in total. The van der Waals surface area contributed by atoms with Crippen molar-refractivity contribution in [2.45, 2.75) is 58.7 Å². The van der Waals surface area contributed by atoms with E-state index in [1.165, 1.54) is 16.5 Å². The van der Waals surface area contributed by atoms with Gasteiger partial charge in [0.1, 0.15) is 11.5 Å². The van der Waals surface area contributed by atoms with E-state index < -0.39 is 0 Å². The monoisotopic (exact) mass is 295 g/mol. The van der Waals surface area contributed by atoms with Crippen LogP contribution >= 0.6 is 0 Å². The molecule has 0 atom stereocenters. The van der Waals surface area contributed by atoms with Gasteiger partial charge in [-0.05, 0) is 24.9 Å². The first kappa shape index (κ1) is 15.3. The highest BCUT2D eigenvalue weighted by Gasteiger charge is 2.45. The summed E-state index contributed by atoms with van der Waals surface area (Å²) in [6, 6.07) is 8.75. The van der Waals surface area contributed by atoms with Crippen molar-refractivity contribution in [2.24, 2.45) is 0 Å². The summed E-state index contributed by atoms with van der Waals surface area (Å²) in [6.07, 6.45) is 0. The second-order valence-electron chi connectivity index (χ2n) is 7.71. The zero-order chi connectivity index (χ0) is 16.2. The lowest BCUT2D eigenvalue weighted by atomic mass is 9.30. The fraction of sp³-hybridized carbons (Fsp3) is 0.474. The minimum atomic E-state index is -0.140. The third-order valence-corrected chi connectivity index (χ3v) is 5.05. The van der Waals surface area contributed by atoms with E-state index in [1.54, 1.807) is 0 Å². The molecule has 1 aliphatic heterocycles. The Bertz CT molecular complexity index is 712. The van der Waals surface area contributed by atoms with Crippen LogP contribution in [0.2, 0.25) is 5.82 Å². The van der Waals surface area contributed by atoms with E-state index in [0.29, 0.717) is 18.4 Å². The van der Waals surface area contributed by atoms with Crippen LogP contribution in [-0.2, 0) is 5.41 Å². The summed E-state index contributed by atoms with van der Waals surface area (Å²) in [6.45, 7) is 13.6. The van der Waals surface area contributed by atoms with Crippen molar-refractivity contribution in [1.29, 1.82) is 0 Å². The van der Waals surface area contributed by atoms with Gasteiger partial charge in [-0.25, -0.2) is 0 Å². The lowest BCUT2D eigenvalue weighted by molar-refractivity contribution is 0.395. The third kappa shape index (κ3) is 1.94. The minimum Gasteiger partial charge on any atom is -0.463 e. The molecule has 0 amide bonds. The first-order chi connectivity index (χ1) is 10.3. The molecule has 3 heteroatoms. The van der Waals surface area contributed by atoms with Crippen molar-refractivity contribution in [2.75, 3.05) is 5.73 Å². The van der Waals surface area contributed by atoms with Crippen LogP contribution in [0.5, 0.6) is 0 Å². The Labute approximate surface area is 134 Å². The summed E-state index contributed by atoms with van der Waals surface area (Å²) in [7, 11) is 0. The number of furan rings is 1. The van der Waals surface area contributed by atoms with Gasteiger partial charge in [-0.1, -0.05) is 63.2 Å². The summed E-state index contributed by atoms with van der Waals surface area (Å²) in [4.78, 5) is 0. The van der Waals surface area contributed by atoms with Gasteiger partial charge in [0.05, 0.1) is 5.69 Å². The van der Waals surface area contributed by atoms with Crippen molar-refractivity contribution in [1.82, 2.24) is 0 Å². The van der Waals surface area contributed by atoms with Gasteiger partial charge >= 0.3 is 0 Å². The van der Waals surface area contributed by atoms with Gasteiger partial charge in [0.15, 0.2) is 0 Å². The van der Waals surface area contributed by atoms with Crippen LogP contribution in [0.3, 0.4) is 0 Å². The van der Waals surface area contributed by atoms with Crippen molar-refractivity contribution in [3.8, 4) is 0 Å². The van der Waals surface area contributed by atoms with E-state index in [9.17, 15) is 0 Å². The van der Waals surface area contributed by atoms with Crippen molar-refractivity contribution in [3.63, 3.8) is 0 Å². The van der Waals surface area contributed by atoms with E-state index in [-0.39, 0.29) is 5.41 Å². The first-order valence-corrected chi connectivity index (χ1v) is 8.28. The van der Waals surface area contributed by atoms with Crippen LogP contribution < -0.4 is 16.7 Å². The maximum atomic E-state index is 6.54. The van der Waals surface area contributed by atoms with Gasteiger partial charge in [0, 0.05) is 11.3 Å². The number of benzene rings is 1. The van der Waals surface area contributed by atoms with Crippen molar-refractivity contribution in [3.05, 3.63) is 41.3 Å². The van der Waals surface area contributed by atoms with Gasteiger partial charge in [-0.3, -0.25) is 0 Å². The van der Waals surface area contributed by atoms with Gasteiger partial charge in [0.25, 0.3) is 0 Å². The number of rotatable bonds is 2. The Morgan fingerprint density at radius 3 is 2.32 bits per heavy atom. The molecule has 0 saturated heterocycles. The van der Waals surface area contributed by atoms with Crippen LogP contribution in [0, 0.1) is 0 Å². The second kappa shape index (κ2) is 4.94. The standard InChI is InChI=1S/C19H26BNO/c1-11(2)17-16(21)15-18(22-17)19(5,6)13-9-7-8-10-14(13)20(15)12(3)4/h7-12H,21H2,1-6H3. The molecule has 3 rings (SSSR count). The van der Waals surface area contributed by atoms with Gasteiger partial charge in [0.2, 0.25) is 6.71 Å². The minimum absolute atomic E-state index is 0.140. The van der Waals surface area contributed by atoms with Crippen LogP contribution in [0.1, 0.15) is 64.5 Å². The summed E-state index contributed by atoms with van der Waals surface area (Å²) in [5, 5.41) is 0. The molecule has 2 N–H and O–H groups in total. The lowest BCUT2D eigenvalue weighted by Gasteiger charge is -2.36. The topological polar surface area (TPSA) is 39.2 Å². The van der Waals surface area contributed by atoms with Crippen molar-refractivity contribution >= 4 is 23.3 Å². The highest BCUT2D eigenvalue weighted by molar-refractivity contribution is 6.88. The summed E-state index contributed by atoms with van der Waals surface area (Å²) < 4.78 is 6.33. The second-order valence-corrected chi connectivity index (χ2v) is 7.71. The molecule has 116 valence electrons. The number of hydrogen-bond acceptors (Lipinski definition) is 2. The summed E-state index contributed by atoms with van der Waals surface area (Å²) in [5.41, 5.74) is 11.3. The average Bonchev–Trinajstić information content (AvgIpc) is 2.78. The average molecular weight is 295 g/mol. The molecule has 2 heterocycles. The number of nitrogens with two attached hydrogens (primary N) is 1. The van der Waals surface area contributed by atoms with E-state index in [1.807, 2.05) is 0 Å². The molecular formula is C19H26BNO. The van der Waals surface area contributed by atoms with E-state index >= 15 is 0 Å². The highest BCUT2D eigenvalue weighted by atomic mass is 16.3. The molecular weight excluding hydrogens is 269 g/mol. The molecule has 0 radical (unpaired) electrons. The van der Waals surface area contributed by atoms with Gasteiger partial charge in [-0.2, -0.15) is 0 Å². The molecule has 1 aliphatic rings. The Hall–Kier alpha value is -1.64. The normalized spacial score (nSPS) is 16.1. The fourth-order valence-corrected chi connectivity index (χ4v) is 3.98. The van der Waals surface area contributed by atoms with E-state index in [4.69, 9.17) is 10.2 Å². The Morgan fingerprint density at radius 1 is 1.09 bits per heavy atom. The molecule has 0 aliphatic carbocycles. The highest BCUT2D eigenvalue weighted by Crippen LogP contribution is 2.39. The van der Waals surface area contributed by atoms with Crippen LogP contribution in [0.25, 0.3) is 0 Å². The van der Waals surface area contributed by atoms with Crippen LogP contribution in [0.15, 0.2) is 28.7 Å². The van der Waals surface area contributed by atoms with Crippen molar-refractivity contribution < 1.29 is 4.42 Å². The Balaban J connectivity index is 2.36. The Kier molecular flexibility index (Phi) is 3.43. The molecule has 0 fully saturated rings. The maximum Gasteiger partial charge on any atom is 0.219 e. The number of anilines is 1. The van der Waals surface area contributed by atoms with E-state index in [2.05, 4.69) is 65.8 Å². The summed E-state index contributed by atoms with van der Waals surface area (Å²) in [5.74, 6) is 2.79. The predicted molar refractivity (Wildman–Crippen MR) is 95.9 cm³/mol. The maximum absolute atomic E-state index is 6.54. The zero-order valence-electron chi connectivity index (χ0n) is 14.5. The largest absolute Gasteiger partial charge is 0.463 e. The van der Waals surface area contributed by atoms with Gasteiger partial charge in [-0.15, -0.1) is 0 Å². The van der Waals surface area contributed by atoms with Crippen LogP contribution in [-0.4, -0.2) is 6.71 Å². The number of hydrogen-bond donors (Lipinski definition) is 1. The predicted octanol–water partition coefficient (Wildman–Crippen LogP) is 3.64. The fourth-order valence-electron chi connectivity index (χ4n) is 3.98. The molecule has 0 spiro atoms. The quantitative estimate of drug-likeness (QED) is 0.859. The molecule has 2 aromatic rings.